The third kappa shape index (κ3) is 765. The Labute approximate surface area is 294 Å². The van der Waals surface area contributed by atoms with Crippen molar-refractivity contribution in [1.82, 2.24) is 0 Å². The molecule has 0 aliphatic rings. The van der Waals surface area contributed by atoms with Crippen molar-refractivity contribution in [2.45, 2.75) is 51.4 Å². The van der Waals surface area contributed by atoms with E-state index in [0.717, 1.165) is 51.4 Å². The van der Waals surface area contributed by atoms with Crippen molar-refractivity contribution >= 4 is 18.8 Å². The van der Waals surface area contributed by atoms with Crippen molar-refractivity contribution in [2.24, 2.45) is 0 Å². The van der Waals surface area contributed by atoms with E-state index in [9.17, 15) is 0 Å². The van der Waals surface area contributed by atoms with E-state index in [2.05, 4.69) is 18.8 Å². The van der Waals surface area contributed by atoms with Crippen LogP contribution in [0.1, 0.15) is 51.4 Å². The molecule has 31 heteroatoms. The van der Waals surface area contributed by atoms with Gasteiger partial charge in [-0.05, 0) is 0 Å². The van der Waals surface area contributed by atoms with Crippen LogP contribution in [-0.2, 0) is 58.6 Å². The molecule has 0 spiro atoms. The maximum Gasteiger partial charge on any atom is 4.00 e. The molecule has 0 unspecified atom stereocenters. The average Bonchev–Trinajstić information content (AvgIpc) is 2.76. The average molecular weight is 1230 g/mol. The van der Waals surface area contributed by atoms with E-state index in [-0.39, 0.29) is 58.0 Å². The van der Waals surface area contributed by atoms with Crippen molar-refractivity contribution in [1.29, 1.82) is 0 Å². The van der Waals surface area contributed by atoms with E-state index in [0.29, 0.717) is 26.2 Å². The predicted octanol–water partition coefficient (Wildman–Crippen LogP) is 10.0. The van der Waals surface area contributed by atoms with Crippen LogP contribution in [0.4, 0.5) is 0 Å². The molecule has 0 heterocycles. The molecule has 0 aromatic carbocycles. The molecule has 0 saturated carbocycles. The second-order valence-corrected chi connectivity index (χ2v) is 4.72. The van der Waals surface area contributed by atoms with Crippen LogP contribution in [0.5, 0.6) is 0 Å². The van der Waals surface area contributed by atoms with Crippen LogP contribution in [0.2, 0.25) is 0 Å². The molecule has 0 amide bonds. The maximum atomic E-state index is 8.25. The van der Waals surface area contributed by atoms with Gasteiger partial charge in [0.05, 0.1) is 20.3 Å². The summed E-state index contributed by atoms with van der Waals surface area (Å²) < 4.78 is 0. The zero-order chi connectivity index (χ0) is 30.8. The van der Waals surface area contributed by atoms with E-state index in [1.54, 1.807) is 37.5 Å². The first-order valence-electron chi connectivity index (χ1n) is 8.84. The molecule has 0 rings (SSSR count). The second-order valence-electron chi connectivity index (χ2n) is 4.72. The van der Waals surface area contributed by atoms with Crippen LogP contribution in [0, 0.1) is 61.3 Å². The molecule has 284 valence electrons. The molecule has 0 aromatic heterocycles. The molecule has 0 saturated heterocycles. The molecule has 16 N–H and O–H groups in total. The Balaban J connectivity index is -0.0000000163. The van der Waals surface area contributed by atoms with Gasteiger partial charge in [0, 0.05) is 0 Å². The quantitative estimate of drug-likeness (QED) is 0.112. The molecule has 26 nitrogen and oxygen atoms in total. The van der Waals surface area contributed by atoms with Gasteiger partial charge in [-0.3, -0.25) is 0 Å². The summed E-state index contributed by atoms with van der Waals surface area (Å²) in [5.74, 6) is 0. The van der Waals surface area contributed by atoms with Crippen LogP contribution in [0.3, 0.4) is 0 Å². The number of nitrogens with zero attached hydrogens (tertiary/aromatic N) is 4. The molecule has 0 bridgehead atoms. The van der Waals surface area contributed by atoms with Crippen molar-refractivity contribution < 1.29 is 79.0 Å². The van der Waals surface area contributed by atoms with Crippen LogP contribution < -0.4 is 0 Å². The normalized spacial score (nSPS) is 6.19. The van der Waals surface area contributed by atoms with Gasteiger partial charge in [0.25, 0.3) is 0 Å². The summed E-state index contributed by atoms with van der Waals surface area (Å²) in [5.41, 5.74) is 27.2. The van der Waals surface area contributed by atoms with Crippen molar-refractivity contribution in [2.75, 3.05) is 26.2 Å². The largest absolute Gasteiger partial charge is 4.00 e. The molecule has 43 heavy (non-hydrogen) atoms. The molecule has 0 aromatic rings. The van der Waals surface area contributed by atoms with Crippen molar-refractivity contribution in [3.63, 3.8) is 0 Å². The third-order valence-corrected chi connectivity index (χ3v) is 2.21. The van der Waals surface area contributed by atoms with Gasteiger partial charge in [-0.25, -0.2) is 0 Å². The third-order valence-electron chi connectivity index (χ3n) is 2.21. The Morgan fingerprint density at radius 1 is 0.372 bits per heavy atom. The molecule has 0 fully saturated rings. The van der Waals surface area contributed by atoms with Gasteiger partial charge in [-0.2, -0.15) is 26.2 Å². The van der Waals surface area contributed by atoms with Crippen LogP contribution in [-0.4, -0.2) is 46.5 Å². The Hall–Kier alpha value is -0.955. The standard InChI is InChI=1S/2C6H14N2.2ClH.4NO3.6H2N.3Pt/c2*7-5-3-1-2-4-6-8;;;4*2-1(3)4;;;;;;;;;/h2*7-8H,1-6H2;2*1H;;;;;6*1H2;;;/q2*-2;;;10*-1;2*+1;+4/p-2. The number of unbranched alkanes of at least 4 members (excludes halogenated alkanes) is 6. The number of hydrogen-bond donors (Lipinski definition) is 0. The predicted molar refractivity (Wildman–Crippen MR) is 159 cm³/mol. The van der Waals surface area contributed by atoms with Gasteiger partial charge in [0.2, 0.25) is 0 Å². The first-order chi connectivity index (χ1) is 16.8. The second kappa shape index (κ2) is 124. The van der Waals surface area contributed by atoms with Crippen molar-refractivity contribution in [3.8, 4) is 0 Å². The molecule has 0 radical (unpaired) electrons. The monoisotopic (exact) mass is 1230 g/mol. The molecule has 0 aliphatic carbocycles. The van der Waals surface area contributed by atoms with E-state index >= 15 is 0 Å². The van der Waals surface area contributed by atoms with E-state index in [4.69, 9.17) is 84.2 Å². The maximum absolute atomic E-state index is 8.25. The van der Waals surface area contributed by atoms with Gasteiger partial charge in [-0.1, -0.05) is 51.4 Å². The summed E-state index contributed by atoms with van der Waals surface area (Å²) in [6.45, 7) is 2.21. The fourth-order valence-corrected chi connectivity index (χ4v) is 1.21. The molecular weight excluding hydrogens is 1190 g/mol. The van der Waals surface area contributed by atoms with Crippen LogP contribution in [0.25, 0.3) is 59.8 Å². The summed E-state index contributed by atoms with van der Waals surface area (Å²) in [6.07, 6.45) is 8.62. The SMILES string of the molecule is O=[N+]([O-])[O-].O=[N+]([O-])[O-].O=[N+]([O-])[O-].O=[N+]([O-])[O-].[Cl][Pt].[Cl][Pt].[NH-]CCCCCC[NH-].[NH-]CCCCCC[NH-].[NH2-].[NH2-].[NH2-].[NH2-].[NH2-].[NH2-].[Pt+4]. The van der Waals surface area contributed by atoms with Crippen LogP contribution >= 0.6 is 18.8 Å². The first-order valence-corrected chi connectivity index (χ1v) is 14.5. The summed E-state index contributed by atoms with van der Waals surface area (Å²) in [6, 6.07) is 0. The Morgan fingerprint density at radius 3 is 0.488 bits per heavy atom. The molecule has 0 aliphatic heterocycles. The number of hydrogen-bond acceptors (Lipinski definition) is 12. The fourth-order valence-electron chi connectivity index (χ4n) is 1.21. The van der Waals surface area contributed by atoms with E-state index in [1.807, 2.05) is 0 Å². The molecular formula is C12H40Cl2N14O12Pt3-10. The van der Waals surface area contributed by atoms with Gasteiger partial charge in [-0.15, -0.1) is 0 Å². The van der Waals surface area contributed by atoms with Gasteiger partial charge in [0.1, 0.15) is 0 Å². The van der Waals surface area contributed by atoms with Crippen LogP contribution in [0.15, 0.2) is 0 Å². The summed E-state index contributed by atoms with van der Waals surface area (Å²) in [5, 5.41) is 59.0. The number of halogens is 2. The Bertz CT molecular complexity index is 355. The molecule has 0 atom stereocenters. The number of rotatable bonds is 10. The van der Waals surface area contributed by atoms with Gasteiger partial charge in [0.15, 0.2) is 0 Å². The summed E-state index contributed by atoms with van der Waals surface area (Å²) >= 11 is 3.22. The van der Waals surface area contributed by atoms with E-state index < -0.39 is 20.3 Å². The zero-order valence-electron chi connectivity index (χ0n) is 22.3. The van der Waals surface area contributed by atoms with Crippen molar-refractivity contribution in [3.05, 3.63) is 121 Å². The minimum atomic E-state index is -1.75. The summed E-state index contributed by atoms with van der Waals surface area (Å²) in [4.78, 5) is 33.0. The Kier molecular flexibility index (Phi) is 279. The van der Waals surface area contributed by atoms with Gasteiger partial charge < -0.3 is 121 Å². The number of nitrogens with two attached hydrogens (primary N) is 6. The fraction of sp³-hybridized carbons (Fsp3) is 1.00. The minimum Gasteiger partial charge on any atom is -0.693 e. The number of nitrogens with one attached hydrogen (secondary N) is 4. The summed E-state index contributed by atoms with van der Waals surface area (Å²) in [7, 11) is 9.22. The van der Waals surface area contributed by atoms with Gasteiger partial charge >= 0.3 is 77.4 Å². The zero-order valence-corrected chi connectivity index (χ0v) is 30.7. The first kappa shape index (κ1) is 96.8. The topological polar surface area (TPSA) is 561 Å². The minimum absolute atomic E-state index is 0. The van der Waals surface area contributed by atoms with E-state index in [1.165, 1.54) is 0 Å². The smallest absolute Gasteiger partial charge is 0.693 e. The Morgan fingerprint density at radius 2 is 0.442 bits per heavy atom.